The fraction of sp³-hybridized carbons (Fsp3) is 0.526. The zero-order valence-electron chi connectivity index (χ0n) is 14.7. The standard InChI is InChI=1S/C19H27N3O2/c1-4-15-6-5-7-16(10-15)18(11-19(23)24)14(3)8-13(2)9-17-12-20-22-21-17/h5-7,10,12-14,18H,4,8-9,11H2,1-3H3,(H,23,24)(H,20,21,22). The zero-order chi connectivity index (χ0) is 17.5. The molecule has 2 N–H and O–H groups in total. The van der Waals surface area contributed by atoms with Crippen LogP contribution in [0.2, 0.25) is 0 Å². The van der Waals surface area contributed by atoms with E-state index in [1.807, 2.05) is 6.07 Å². The summed E-state index contributed by atoms with van der Waals surface area (Å²) in [5.74, 6) is 0.0116. The second-order valence-corrected chi connectivity index (χ2v) is 6.79. The zero-order valence-corrected chi connectivity index (χ0v) is 14.7. The lowest BCUT2D eigenvalue weighted by atomic mass is 9.79. The Hall–Kier alpha value is -2.17. The fourth-order valence-electron chi connectivity index (χ4n) is 3.44. The number of nitrogens with one attached hydrogen (secondary N) is 1. The van der Waals surface area contributed by atoms with Gasteiger partial charge in [-0.25, -0.2) is 0 Å². The number of aromatic amines is 1. The minimum Gasteiger partial charge on any atom is -0.481 e. The normalized spacial score (nSPS) is 15.0. The number of carbonyl (C=O) groups is 1. The van der Waals surface area contributed by atoms with E-state index in [0.29, 0.717) is 5.92 Å². The molecule has 5 nitrogen and oxygen atoms in total. The Morgan fingerprint density at radius 1 is 1.33 bits per heavy atom. The summed E-state index contributed by atoms with van der Waals surface area (Å²) in [6, 6.07) is 8.35. The minimum absolute atomic E-state index is 0.0359. The SMILES string of the molecule is CCc1cccc(C(CC(=O)O)C(C)CC(C)Cc2cn[nH]n2)c1. The maximum Gasteiger partial charge on any atom is 0.303 e. The molecule has 1 aromatic heterocycles. The van der Waals surface area contributed by atoms with E-state index in [4.69, 9.17) is 0 Å². The molecule has 130 valence electrons. The highest BCUT2D eigenvalue weighted by molar-refractivity contribution is 5.68. The molecule has 0 aliphatic carbocycles. The number of hydrogen-bond donors (Lipinski definition) is 2. The van der Waals surface area contributed by atoms with Gasteiger partial charge in [0.1, 0.15) is 0 Å². The Balaban J connectivity index is 2.09. The van der Waals surface area contributed by atoms with Crippen molar-refractivity contribution >= 4 is 5.97 Å². The smallest absolute Gasteiger partial charge is 0.303 e. The predicted octanol–water partition coefficient (Wildman–Crippen LogP) is 3.83. The Labute approximate surface area is 143 Å². The van der Waals surface area contributed by atoms with Crippen molar-refractivity contribution in [3.05, 3.63) is 47.3 Å². The van der Waals surface area contributed by atoms with Crippen LogP contribution in [0, 0.1) is 11.8 Å². The van der Waals surface area contributed by atoms with Gasteiger partial charge in [-0.05, 0) is 48.1 Å². The summed E-state index contributed by atoms with van der Waals surface area (Å²) in [6.45, 7) is 6.46. The molecule has 1 heterocycles. The largest absolute Gasteiger partial charge is 0.481 e. The molecule has 2 rings (SSSR count). The van der Waals surface area contributed by atoms with E-state index in [1.54, 1.807) is 6.20 Å². The van der Waals surface area contributed by atoms with E-state index < -0.39 is 5.97 Å². The highest BCUT2D eigenvalue weighted by atomic mass is 16.4. The Kier molecular flexibility index (Phi) is 6.53. The van der Waals surface area contributed by atoms with E-state index in [0.717, 1.165) is 30.5 Å². The summed E-state index contributed by atoms with van der Waals surface area (Å²) in [6.07, 6.45) is 4.70. The molecule has 0 radical (unpaired) electrons. The third-order valence-corrected chi connectivity index (χ3v) is 4.67. The molecular formula is C19H27N3O2. The van der Waals surface area contributed by atoms with Crippen molar-refractivity contribution in [3.8, 4) is 0 Å². The topological polar surface area (TPSA) is 78.9 Å². The molecular weight excluding hydrogens is 302 g/mol. The number of carboxylic acid groups (broad SMARTS) is 1. The molecule has 3 unspecified atom stereocenters. The maximum atomic E-state index is 11.4. The molecule has 0 spiro atoms. The second-order valence-electron chi connectivity index (χ2n) is 6.79. The van der Waals surface area contributed by atoms with Crippen LogP contribution in [0.25, 0.3) is 0 Å². The summed E-state index contributed by atoms with van der Waals surface area (Å²) >= 11 is 0. The summed E-state index contributed by atoms with van der Waals surface area (Å²) < 4.78 is 0. The van der Waals surface area contributed by atoms with Gasteiger partial charge in [0, 0.05) is 0 Å². The first-order valence-corrected chi connectivity index (χ1v) is 8.64. The van der Waals surface area contributed by atoms with Gasteiger partial charge in [0.05, 0.1) is 18.3 Å². The average molecular weight is 329 g/mol. The van der Waals surface area contributed by atoms with Gasteiger partial charge < -0.3 is 5.11 Å². The summed E-state index contributed by atoms with van der Waals surface area (Å²) in [4.78, 5) is 11.4. The van der Waals surface area contributed by atoms with Crippen LogP contribution < -0.4 is 0 Å². The molecule has 0 aliphatic heterocycles. The lowest BCUT2D eigenvalue weighted by molar-refractivity contribution is -0.137. The van der Waals surface area contributed by atoms with Gasteiger partial charge in [-0.15, -0.1) is 0 Å². The van der Waals surface area contributed by atoms with Crippen molar-refractivity contribution in [1.82, 2.24) is 15.4 Å². The number of aryl methyl sites for hydroxylation is 1. The van der Waals surface area contributed by atoms with Gasteiger partial charge >= 0.3 is 5.97 Å². The number of aromatic nitrogens is 3. The lowest BCUT2D eigenvalue weighted by Gasteiger charge is -2.26. The highest BCUT2D eigenvalue weighted by Gasteiger charge is 2.24. The molecule has 0 saturated carbocycles. The van der Waals surface area contributed by atoms with Crippen molar-refractivity contribution < 1.29 is 9.90 Å². The molecule has 24 heavy (non-hydrogen) atoms. The highest BCUT2D eigenvalue weighted by Crippen LogP contribution is 2.33. The number of aliphatic carboxylic acids is 1. The van der Waals surface area contributed by atoms with Crippen LogP contribution >= 0.6 is 0 Å². The summed E-state index contributed by atoms with van der Waals surface area (Å²) in [7, 11) is 0. The molecule has 0 fully saturated rings. The van der Waals surface area contributed by atoms with E-state index in [1.165, 1.54) is 5.56 Å². The number of hydrogen-bond acceptors (Lipinski definition) is 3. The molecule has 3 atom stereocenters. The van der Waals surface area contributed by atoms with Gasteiger partial charge in [-0.1, -0.05) is 45.0 Å². The minimum atomic E-state index is -0.738. The van der Waals surface area contributed by atoms with Gasteiger partial charge in [-0.3, -0.25) is 4.79 Å². The van der Waals surface area contributed by atoms with Crippen molar-refractivity contribution in [3.63, 3.8) is 0 Å². The first kappa shape index (κ1) is 18.2. The fourth-order valence-corrected chi connectivity index (χ4v) is 3.44. The molecule has 5 heteroatoms. The molecule has 0 saturated heterocycles. The molecule has 0 amide bonds. The van der Waals surface area contributed by atoms with E-state index >= 15 is 0 Å². The van der Waals surface area contributed by atoms with Gasteiger partial charge in [0.2, 0.25) is 0 Å². The van der Waals surface area contributed by atoms with E-state index in [-0.39, 0.29) is 18.3 Å². The van der Waals surface area contributed by atoms with Crippen molar-refractivity contribution in [2.24, 2.45) is 11.8 Å². The van der Waals surface area contributed by atoms with Crippen LogP contribution in [0.4, 0.5) is 0 Å². The number of H-pyrrole nitrogens is 1. The maximum absolute atomic E-state index is 11.4. The van der Waals surface area contributed by atoms with Crippen molar-refractivity contribution in [2.45, 2.75) is 52.4 Å². The summed E-state index contributed by atoms with van der Waals surface area (Å²) in [5.41, 5.74) is 3.35. The van der Waals surface area contributed by atoms with Crippen molar-refractivity contribution in [2.75, 3.05) is 0 Å². The molecule has 0 bridgehead atoms. The molecule has 0 aliphatic rings. The van der Waals surface area contributed by atoms with Crippen molar-refractivity contribution in [1.29, 1.82) is 0 Å². The number of benzene rings is 1. The average Bonchev–Trinajstić information content (AvgIpc) is 3.05. The Morgan fingerprint density at radius 2 is 2.12 bits per heavy atom. The van der Waals surface area contributed by atoms with E-state index in [2.05, 4.69) is 54.4 Å². The predicted molar refractivity (Wildman–Crippen MR) is 93.8 cm³/mol. The van der Waals surface area contributed by atoms with Crippen LogP contribution in [0.3, 0.4) is 0 Å². The number of rotatable bonds is 9. The van der Waals surface area contributed by atoms with Gasteiger partial charge in [0.25, 0.3) is 0 Å². The third-order valence-electron chi connectivity index (χ3n) is 4.67. The van der Waals surface area contributed by atoms with Gasteiger partial charge in [0.15, 0.2) is 0 Å². The molecule has 2 aromatic rings. The summed E-state index contributed by atoms with van der Waals surface area (Å²) in [5, 5.41) is 19.9. The van der Waals surface area contributed by atoms with Crippen LogP contribution in [0.1, 0.15) is 56.4 Å². The van der Waals surface area contributed by atoms with Crippen LogP contribution in [-0.4, -0.2) is 26.5 Å². The van der Waals surface area contributed by atoms with Crippen LogP contribution in [-0.2, 0) is 17.6 Å². The van der Waals surface area contributed by atoms with Crippen LogP contribution in [0.5, 0.6) is 0 Å². The van der Waals surface area contributed by atoms with Gasteiger partial charge in [-0.2, -0.15) is 15.4 Å². The Morgan fingerprint density at radius 3 is 2.75 bits per heavy atom. The first-order chi connectivity index (χ1) is 11.5. The van der Waals surface area contributed by atoms with E-state index in [9.17, 15) is 9.90 Å². The number of nitrogens with zero attached hydrogens (tertiary/aromatic N) is 2. The first-order valence-electron chi connectivity index (χ1n) is 8.64. The second kappa shape index (κ2) is 8.62. The number of carboxylic acids is 1. The third kappa shape index (κ3) is 5.18. The Bertz CT molecular complexity index is 640. The monoisotopic (exact) mass is 329 g/mol. The lowest BCUT2D eigenvalue weighted by Crippen LogP contribution is -2.18. The van der Waals surface area contributed by atoms with Crippen LogP contribution in [0.15, 0.2) is 30.5 Å². The quantitative estimate of drug-likeness (QED) is 0.733. The molecule has 1 aromatic carbocycles.